The van der Waals surface area contributed by atoms with Crippen molar-refractivity contribution in [2.24, 2.45) is 0 Å². The van der Waals surface area contributed by atoms with Gasteiger partial charge in [-0.25, -0.2) is 4.98 Å². The summed E-state index contributed by atoms with van der Waals surface area (Å²) < 4.78 is 40.6. The Labute approximate surface area is 151 Å². The number of hydrogen-bond acceptors (Lipinski definition) is 1. The quantitative estimate of drug-likeness (QED) is 0.515. The van der Waals surface area contributed by atoms with Gasteiger partial charge in [0.2, 0.25) is 0 Å². The number of halogens is 3. The highest BCUT2D eigenvalue weighted by Gasteiger charge is 2.34. The standard InChI is InChI=1S/C22H20F3N/c1-4-16-5-7-17(8-6-16)20-10-9-19(22(23,24)25)21(26-20)18-12-14(2)11-15(3)13-18/h5-13H,4H2,1-3H3. The highest BCUT2D eigenvalue weighted by Crippen LogP contribution is 2.38. The van der Waals surface area contributed by atoms with Crippen LogP contribution in [0.15, 0.2) is 54.6 Å². The van der Waals surface area contributed by atoms with Gasteiger partial charge < -0.3 is 0 Å². The highest BCUT2D eigenvalue weighted by molar-refractivity contribution is 5.70. The van der Waals surface area contributed by atoms with Crippen LogP contribution in [0, 0.1) is 13.8 Å². The van der Waals surface area contributed by atoms with E-state index in [2.05, 4.69) is 11.9 Å². The lowest BCUT2D eigenvalue weighted by Gasteiger charge is -2.15. The molecule has 134 valence electrons. The molecule has 0 N–H and O–H groups in total. The molecular formula is C22H20F3N. The van der Waals surface area contributed by atoms with E-state index in [0.717, 1.165) is 29.2 Å². The van der Waals surface area contributed by atoms with Gasteiger partial charge in [-0.2, -0.15) is 13.2 Å². The van der Waals surface area contributed by atoms with Crippen LogP contribution in [0.3, 0.4) is 0 Å². The Morgan fingerprint density at radius 2 is 1.42 bits per heavy atom. The zero-order valence-corrected chi connectivity index (χ0v) is 15.0. The molecule has 0 saturated carbocycles. The van der Waals surface area contributed by atoms with Crippen molar-refractivity contribution in [3.63, 3.8) is 0 Å². The van der Waals surface area contributed by atoms with E-state index < -0.39 is 11.7 Å². The molecule has 0 radical (unpaired) electrons. The summed E-state index contributed by atoms with van der Waals surface area (Å²) in [5.74, 6) is 0. The second kappa shape index (κ2) is 6.94. The van der Waals surface area contributed by atoms with Crippen LogP contribution in [0.25, 0.3) is 22.5 Å². The number of hydrogen-bond donors (Lipinski definition) is 0. The average molecular weight is 355 g/mol. The Morgan fingerprint density at radius 1 is 0.808 bits per heavy atom. The number of aromatic nitrogens is 1. The van der Waals surface area contributed by atoms with Gasteiger partial charge in [0.15, 0.2) is 0 Å². The summed E-state index contributed by atoms with van der Waals surface area (Å²) in [7, 11) is 0. The van der Waals surface area contributed by atoms with Gasteiger partial charge in [0.25, 0.3) is 0 Å². The first-order valence-corrected chi connectivity index (χ1v) is 8.54. The normalized spacial score (nSPS) is 11.6. The fraction of sp³-hybridized carbons (Fsp3) is 0.227. The van der Waals surface area contributed by atoms with E-state index >= 15 is 0 Å². The van der Waals surface area contributed by atoms with Crippen LogP contribution in [0.1, 0.15) is 29.2 Å². The van der Waals surface area contributed by atoms with Gasteiger partial charge in [-0.15, -0.1) is 0 Å². The van der Waals surface area contributed by atoms with Crippen molar-refractivity contribution < 1.29 is 13.2 Å². The molecule has 0 aliphatic rings. The lowest BCUT2D eigenvalue weighted by atomic mass is 9.99. The van der Waals surface area contributed by atoms with E-state index in [0.29, 0.717) is 11.3 Å². The third kappa shape index (κ3) is 3.79. The Balaban J connectivity index is 2.18. The van der Waals surface area contributed by atoms with Crippen LogP contribution in [0.4, 0.5) is 13.2 Å². The van der Waals surface area contributed by atoms with Crippen LogP contribution in [0.2, 0.25) is 0 Å². The molecule has 0 fully saturated rings. The number of alkyl halides is 3. The van der Waals surface area contributed by atoms with Crippen LogP contribution in [-0.2, 0) is 12.6 Å². The number of benzene rings is 2. The number of pyridine rings is 1. The zero-order chi connectivity index (χ0) is 18.9. The molecule has 0 aliphatic carbocycles. The molecule has 0 bridgehead atoms. The van der Waals surface area contributed by atoms with Crippen LogP contribution in [0.5, 0.6) is 0 Å². The van der Waals surface area contributed by atoms with Crippen molar-refractivity contribution in [1.82, 2.24) is 4.98 Å². The summed E-state index contributed by atoms with van der Waals surface area (Å²) in [6.45, 7) is 5.80. The SMILES string of the molecule is CCc1ccc(-c2ccc(C(F)(F)F)c(-c3cc(C)cc(C)c3)n2)cc1. The van der Waals surface area contributed by atoms with Crippen molar-refractivity contribution in [3.8, 4) is 22.5 Å². The Kier molecular flexibility index (Phi) is 4.86. The van der Waals surface area contributed by atoms with E-state index in [1.807, 2.05) is 44.2 Å². The first kappa shape index (κ1) is 18.2. The van der Waals surface area contributed by atoms with Crippen LogP contribution in [-0.4, -0.2) is 4.98 Å². The fourth-order valence-electron chi connectivity index (χ4n) is 3.09. The van der Waals surface area contributed by atoms with E-state index in [9.17, 15) is 13.2 Å². The second-order valence-electron chi connectivity index (χ2n) is 6.52. The van der Waals surface area contributed by atoms with Crippen LogP contribution < -0.4 is 0 Å². The third-order valence-electron chi connectivity index (χ3n) is 4.35. The van der Waals surface area contributed by atoms with Crippen LogP contribution >= 0.6 is 0 Å². The van der Waals surface area contributed by atoms with Crippen molar-refractivity contribution in [1.29, 1.82) is 0 Å². The predicted molar refractivity (Wildman–Crippen MR) is 99.0 cm³/mol. The summed E-state index contributed by atoms with van der Waals surface area (Å²) in [6, 6.07) is 15.8. The summed E-state index contributed by atoms with van der Waals surface area (Å²) in [5.41, 5.74) is 4.09. The van der Waals surface area contributed by atoms with E-state index in [4.69, 9.17) is 0 Å². The van der Waals surface area contributed by atoms with Gasteiger partial charge in [0.05, 0.1) is 17.0 Å². The maximum Gasteiger partial charge on any atom is 0.418 e. The van der Waals surface area contributed by atoms with E-state index in [-0.39, 0.29) is 5.69 Å². The topological polar surface area (TPSA) is 12.9 Å². The molecule has 26 heavy (non-hydrogen) atoms. The average Bonchev–Trinajstić information content (AvgIpc) is 2.59. The smallest absolute Gasteiger partial charge is 0.247 e. The molecule has 2 aromatic carbocycles. The zero-order valence-electron chi connectivity index (χ0n) is 15.0. The Hall–Kier alpha value is -2.62. The minimum absolute atomic E-state index is 0.0265. The van der Waals surface area contributed by atoms with Crippen molar-refractivity contribution in [3.05, 3.63) is 76.9 Å². The maximum absolute atomic E-state index is 13.5. The summed E-state index contributed by atoms with van der Waals surface area (Å²) >= 11 is 0. The fourth-order valence-corrected chi connectivity index (χ4v) is 3.09. The third-order valence-corrected chi connectivity index (χ3v) is 4.35. The van der Waals surface area contributed by atoms with E-state index in [1.54, 1.807) is 12.1 Å². The molecule has 0 unspecified atom stereocenters. The summed E-state index contributed by atoms with van der Waals surface area (Å²) in [4.78, 5) is 4.40. The minimum atomic E-state index is -4.45. The molecule has 1 aromatic heterocycles. The first-order chi connectivity index (χ1) is 12.3. The second-order valence-corrected chi connectivity index (χ2v) is 6.52. The van der Waals surface area contributed by atoms with Gasteiger partial charge in [-0.1, -0.05) is 48.4 Å². The Morgan fingerprint density at radius 3 is 1.96 bits per heavy atom. The van der Waals surface area contributed by atoms with Gasteiger partial charge in [0, 0.05) is 11.1 Å². The lowest BCUT2D eigenvalue weighted by Crippen LogP contribution is -2.09. The molecule has 0 amide bonds. The van der Waals surface area contributed by atoms with Crippen molar-refractivity contribution in [2.75, 3.05) is 0 Å². The molecular weight excluding hydrogens is 335 g/mol. The maximum atomic E-state index is 13.5. The highest BCUT2D eigenvalue weighted by atomic mass is 19.4. The molecule has 3 rings (SSSR count). The number of rotatable bonds is 3. The largest absolute Gasteiger partial charge is 0.418 e. The molecule has 3 aromatic rings. The molecule has 0 saturated heterocycles. The number of nitrogens with zero attached hydrogens (tertiary/aromatic N) is 1. The van der Waals surface area contributed by atoms with E-state index in [1.165, 1.54) is 11.6 Å². The molecule has 0 atom stereocenters. The van der Waals surface area contributed by atoms with Crippen molar-refractivity contribution >= 4 is 0 Å². The first-order valence-electron chi connectivity index (χ1n) is 8.54. The summed E-state index contributed by atoms with van der Waals surface area (Å²) in [6.07, 6.45) is -3.54. The van der Waals surface area contributed by atoms with Gasteiger partial charge in [0.1, 0.15) is 0 Å². The molecule has 4 heteroatoms. The van der Waals surface area contributed by atoms with Gasteiger partial charge in [-0.3, -0.25) is 0 Å². The van der Waals surface area contributed by atoms with Crippen molar-refractivity contribution in [2.45, 2.75) is 33.4 Å². The van der Waals surface area contributed by atoms with Gasteiger partial charge in [-0.05, 0) is 50.1 Å². The monoisotopic (exact) mass is 355 g/mol. The number of aryl methyl sites for hydroxylation is 3. The molecule has 1 nitrogen and oxygen atoms in total. The molecule has 0 aliphatic heterocycles. The molecule has 1 heterocycles. The summed E-state index contributed by atoms with van der Waals surface area (Å²) in [5, 5.41) is 0. The minimum Gasteiger partial charge on any atom is -0.247 e. The Bertz CT molecular complexity index is 905. The predicted octanol–water partition coefficient (Wildman–Crippen LogP) is 6.61. The van der Waals surface area contributed by atoms with Gasteiger partial charge >= 0.3 is 6.18 Å². The lowest BCUT2D eigenvalue weighted by molar-refractivity contribution is -0.137. The molecule has 0 spiro atoms.